The van der Waals surface area contributed by atoms with Gasteiger partial charge in [-0.15, -0.1) is 5.10 Å². The Morgan fingerprint density at radius 2 is 1.87 bits per heavy atom. The van der Waals surface area contributed by atoms with Gasteiger partial charge in [-0.3, -0.25) is 19.5 Å². The molecule has 2 aromatic heterocycles. The van der Waals surface area contributed by atoms with E-state index in [1.165, 1.54) is 22.8 Å². The molecule has 0 spiro atoms. The molecule has 2 aromatic carbocycles. The highest BCUT2D eigenvalue weighted by Crippen LogP contribution is 2.30. The number of amides is 2. The zero-order valence-corrected chi connectivity index (χ0v) is 21.8. The largest absolute Gasteiger partial charge is 0.465 e. The number of benzene rings is 2. The van der Waals surface area contributed by atoms with Crippen LogP contribution in [0.1, 0.15) is 49.2 Å². The molecule has 38 heavy (non-hydrogen) atoms. The number of carbonyl (C=O) groups excluding carboxylic acids is 3. The molecule has 10 heteroatoms. The van der Waals surface area contributed by atoms with Gasteiger partial charge < -0.3 is 10.1 Å². The normalized spacial score (nSPS) is 12.1. The fourth-order valence-electron chi connectivity index (χ4n) is 4.02. The standard InChI is InChI=1S/C28H30N6O4/c1-5-28(2,3)30-26(36)25(20-11-9-15-29-17-20)34(21-12-8-10-19(16-21)27(37)38-4)24(35)18-33-23-14-7-6-13-22(23)31-32-33/h6-17,25H,5,18H2,1-4H3,(H,30,36)/t25-/m0/s1. The molecule has 10 nitrogen and oxygen atoms in total. The average Bonchev–Trinajstić information content (AvgIpc) is 3.33. The van der Waals surface area contributed by atoms with E-state index in [0.717, 1.165) is 0 Å². The minimum absolute atomic E-state index is 0.190. The zero-order valence-electron chi connectivity index (χ0n) is 21.8. The van der Waals surface area contributed by atoms with Crippen LogP contribution in [0, 0.1) is 0 Å². The van der Waals surface area contributed by atoms with Crippen molar-refractivity contribution in [3.8, 4) is 0 Å². The van der Waals surface area contributed by atoms with Gasteiger partial charge in [0.15, 0.2) is 0 Å². The molecule has 4 aromatic rings. The summed E-state index contributed by atoms with van der Waals surface area (Å²) >= 11 is 0. The van der Waals surface area contributed by atoms with Crippen LogP contribution in [0.5, 0.6) is 0 Å². The van der Waals surface area contributed by atoms with E-state index in [1.54, 1.807) is 48.8 Å². The van der Waals surface area contributed by atoms with Gasteiger partial charge in [0, 0.05) is 29.2 Å². The topological polar surface area (TPSA) is 119 Å². The number of pyridine rings is 1. The van der Waals surface area contributed by atoms with E-state index in [1.807, 2.05) is 39.0 Å². The predicted molar refractivity (Wildman–Crippen MR) is 142 cm³/mol. The first-order valence-electron chi connectivity index (χ1n) is 12.2. The summed E-state index contributed by atoms with van der Waals surface area (Å²) in [6.45, 7) is 5.61. The Morgan fingerprint density at radius 1 is 1.08 bits per heavy atom. The van der Waals surface area contributed by atoms with Crippen molar-refractivity contribution >= 4 is 34.5 Å². The number of hydrogen-bond donors (Lipinski definition) is 1. The van der Waals surface area contributed by atoms with Crippen LogP contribution < -0.4 is 10.2 Å². The molecule has 0 aliphatic heterocycles. The molecule has 1 atom stereocenters. The highest BCUT2D eigenvalue weighted by atomic mass is 16.5. The third-order valence-corrected chi connectivity index (χ3v) is 6.37. The van der Waals surface area contributed by atoms with Gasteiger partial charge in [0.2, 0.25) is 11.8 Å². The molecule has 196 valence electrons. The lowest BCUT2D eigenvalue weighted by Crippen LogP contribution is -2.51. The summed E-state index contributed by atoms with van der Waals surface area (Å²) < 4.78 is 6.37. The molecule has 0 radical (unpaired) electrons. The van der Waals surface area contributed by atoms with E-state index < -0.39 is 23.5 Å². The lowest BCUT2D eigenvalue weighted by atomic mass is 9.98. The van der Waals surface area contributed by atoms with Crippen LogP contribution in [0.2, 0.25) is 0 Å². The van der Waals surface area contributed by atoms with Crippen LogP contribution >= 0.6 is 0 Å². The minimum Gasteiger partial charge on any atom is -0.465 e. The van der Waals surface area contributed by atoms with Crippen LogP contribution in [-0.4, -0.2) is 50.4 Å². The third kappa shape index (κ3) is 5.69. The molecule has 0 saturated heterocycles. The Bertz CT molecular complexity index is 1450. The highest BCUT2D eigenvalue weighted by Gasteiger charge is 2.35. The number of fused-ring (bicyclic) bond motifs is 1. The minimum atomic E-state index is -1.08. The molecular weight excluding hydrogens is 484 g/mol. The van der Waals surface area contributed by atoms with E-state index in [-0.39, 0.29) is 18.0 Å². The predicted octanol–water partition coefficient (Wildman–Crippen LogP) is 3.69. The Labute approximate surface area is 220 Å². The van der Waals surface area contributed by atoms with Crippen molar-refractivity contribution in [1.82, 2.24) is 25.3 Å². The fourth-order valence-corrected chi connectivity index (χ4v) is 4.02. The van der Waals surface area contributed by atoms with Crippen LogP contribution in [0.3, 0.4) is 0 Å². The summed E-state index contributed by atoms with van der Waals surface area (Å²) in [7, 11) is 1.28. The molecule has 0 aliphatic carbocycles. The maximum atomic E-state index is 14.1. The maximum Gasteiger partial charge on any atom is 0.337 e. The van der Waals surface area contributed by atoms with Crippen molar-refractivity contribution in [1.29, 1.82) is 0 Å². The van der Waals surface area contributed by atoms with Gasteiger partial charge >= 0.3 is 5.97 Å². The van der Waals surface area contributed by atoms with Crippen molar-refractivity contribution in [2.75, 3.05) is 12.0 Å². The number of anilines is 1. The van der Waals surface area contributed by atoms with E-state index in [4.69, 9.17) is 4.74 Å². The molecule has 0 aliphatic rings. The molecule has 1 N–H and O–H groups in total. The number of aromatic nitrogens is 4. The first-order valence-corrected chi connectivity index (χ1v) is 12.2. The Morgan fingerprint density at radius 3 is 2.58 bits per heavy atom. The van der Waals surface area contributed by atoms with Gasteiger partial charge in [-0.05, 0) is 56.7 Å². The molecule has 2 heterocycles. The fraction of sp³-hybridized carbons (Fsp3) is 0.286. The zero-order chi connectivity index (χ0) is 27.3. The van der Waals surface area contributed by atoms with Gasteiger partial charge in [0.25, 0.3) is 0 Å². The Balaban J connectivity index is 1.84. The molecule has 0 saturated carbocycles. The van der Waals surface area contributed by atoms with Crippen LogP contribution in [-0.2, 0) is 20.9 Å². The van der Waals surface area contributed by atoms with Crippen molar-refractivity contribution in [3.05, 3.63) is 84.2 Å². The number of hydrogen-bond acceptors (Lipinski definition) is 7. The maximum absolute atomic E-state index is 14.1. The molecule has 0 unspecified atom stereocenters. The summed E-state index contributed by atoms with van der Waals surface area (Å²) in [6.07, 6.45) is 3.83. The second-order valence-corrected chi connectivity index (χ2v) is 9.46. The number of rotatable bonds is 9. The van der Waals surface area contributed by atoms with Crippen molar-refractivity contribution in [3.63, 3.8) is 0 Å². The molecule has 0 fully saturated rings. The number of methoxy groups -OCH3 is 1. The van der Waals surface area contributed by atoms with E-state index in [9.17, 15) is 14.4 Å². The number of nitrogens with zero attached hydrogens (tertiary/aromatic N) is 5. The van der Waals surface area contributed by atoms with Crippen molar-refractivity contribution in [2.45, 2.75) is 45.3 Å². The number of carbonyl (C=O) groups is 3. The summed E-state index contributed by atoms with van der Waals surface area (Å²) in [4.78, 5) is 45.8. The van der Waals surface area contributed by atoms with E-state index in [2.05, 4.69) is 20.6 Å². The lowest BCUT2D eigenvalue weighted by Gasteiger charge is -2.34. The van der Waals surface area contributed by atoms with Crippen molar-refractivity contribution < 1.29 is 19.1 Å². The van der Waals surface area contributed by atoms with Crippen LogP contribution in [0.4, 0.5) is 5.69 Å². The van der Waals surface area contributed by atoms with Gasteiger partial charge in [0.05, 0.1) is 18.2 Å². The summed E-state index contributed by atoms with van der Waals surface area (Å²) in [6, 6.07) is 16.1. The third-order valence-electron chi connectivity index (χ3n) is 6.37. The summed E-state index contributed by atoms with van der Waals surface area (Å²) in [5.41, 5.74) is 1.90. The lowest BCUT2D eigenvalue weighted by molar-refractivity contribution is -0.128. The molecule has 4 rings (SSSR count). The van der Waals surface area contributed by atoms with Gasteiger partial charge in [0.1, 0.15) is 18.1 Å². The Hall–Kier alpha value is -4.60. The van der Waals surface area contributed by atoms with Gasteiger partial charge in [-0.1, -0.05) is 36.4 Å². The number of para-hydroxylation sites is 1. The number of nitrogens with one attached hydrogen (secondary N) is 1. The van der Waals surface area contributed by atoms with E-state index in [0.29, 0.717) is 28.7 Å². The van der Waals surface area contributed by atoms with E-state index >= 15 is 0 Å². The highest BCUT2D eigenvalue weighted by molar-refractivity contribution is 6.02. The monoisotopic (exact) mass is 514 g/mol. The van der Waals surface area contributed by atoms with Crippen LogP contribution in [0.15, 0.2) is 73.1 Å². The number of esters is 1. The second-order valence-electron chi connectivity index (χ2n) is 9.46. The smallest absolute Gasteiger partial charge is 0.337 e. The second kappa shape index (κ2) is 11.2. The van der Waals surface area contributed by atoms with Crippen molar-refractivity contribution in [2.24, 2.45) is 0 Å². The Kier molecular flexibility index (Phi) is 7.80. The molecular formula is C28H30N6O4. The summed E-state index contributed by atoms with van der Waals surface area (Å²) in [5.74, 6) is -1.37. The molecule has 0 bridgehead atoms. The first-order chi connectivity index (χ1) is 18.2. The SMILES string of the molecule is CCC(C)(C)NC(=O)[C@H](c1cccnc1)N(C(=O)Cn1nnc2ccccc21)c1cccc(C(=O)OC)c1. The molecule has 2 amide bonds. The average molecular weight is 515 g/mol. The summed E-state index contributed by atoms with van der Waals surface area (Å²) in [5, 5.41) is 11.4. The van der Waals surface area contributed by atoms with Gasteiger partial charge in [-0.2, -0.15) is 0 Å². The quantitative estimate of drug-likeness (QED) is 0.338. The number of ether oxygens (including phenoxy) is 1. The van der Waals surface area contributed by atoms with Gasteiger partial charge in [-0.25, -0.2) is 9.48 Å². The first kappa shape index (κ1) is 26.5. The van der Waals surface area contributed by atoms with Crippen LogP contribution in [0.25, 0.3) is 11.0 Å².